The third kappa shape index (κ3) is 3.50. The van der Waals surface area contributed by atoms with Crippen molar-refractivity contribution < 1.29 is 9.47 Å². The summed E-state index contributed by atoms with van der Waals surface area (Å²) in [4.78, 5) is 8.16. The zero-order valence-corrected chi connectivity index (χ0v) is 11.6. The fourth-order valence-corrected chi connectivity index (χ4v) is 1.81. The van der Waals surface area contributed by atoms with Crippen molar-refractivity contribution in [2.75, 3.05) is 31.8 Å². The summed E-state index contributed by atoms with van der Waals surface area (Å²) in [7, 11) is 3.25. The van der Waals surface area contributed by atoms with Gasteiger partial charge in [0.25, 0.3) is 0 Å². The van der Waals surface area contributed by atoms with E-state index in [2.05, 4.69) is 15.3 Å². The van der Waals surface area contributed by atoms with Gasteiger partial charge in [0.15, 0.2) is 11.5 Å². The molecule has 0 aliphatic carbocycles. The van der Waals surface area contributed by atoms with E-state index in [4.69, 9.17) is 15.2 Å². The zero-order valence-electron chi connectivity index (χ0n) is 11.6. The second-order valence-electron chi connectivity index (χ2n) is 4.17. The quantitative estimate of drug-likeness (QED) is 0.834. The summed E-state index contributed by atoms with van der Waals surface area (Å²) in [6, 6.07) is 7.51. The lowest BCUT2D eigenvalue weighted by Crippen LogP contribution is -2.08. The lowest BCUT2D eigenvalue weighted by atomic mass is 10.1. The van der Waals surface area contributed by atoms with E-state index in [-0.39, 0.29) is 0 Å². The first-order chi connectivity index (χ1) is 9.72. The predicted octanol–water partition coefficient (Wildman–Crippen LogP) is 1.73. The van der Waals surface area contributed by atoms with Crippen molar-refractivity contribution in [1.29, 1.82) is 0 Å². The maximum atomic E-state index is 5.59. The van der Waals surface area contributed by atoms with E-state index >= 15 is 0 Å². The molecule has 0 fully saturated rings. The highest BCUT2D eigenvalue weighted by Gasteiger charge is 2.04. The van der Waals surface area contributed by atoms with Crippen LogP contribution < -0.4 is 20.5 Å². The Kier molecular flexibility index (Phi) is 4.60. The van der Waals surface area contributed by atoms with Gasteiger partial charge in [-0.05, 0) is 30.2 Å². The first-order valence-corrected chi connectivity index (χ1v) is 6.26. The Bertz CT molecular complexity index is 575. The molecule has 0 radical (unpaired) electrons. The molecule has 3 N–H and O–H groups in total. The minimum absolute atomic E-state index is 0.452. The van der Waals surface area contributed by atoms with Crippen LogP contribution in [0.25, 0.3) is 0 Å². The van der Waals surface area contributed by atoms with Gasteiger partial charge in [0, 0.05) is 12.7 Å². The van der Waals surface area contributed by atoms with Gasteiger partial charge in [-0.3, -0.25) is 0 Å². The molecular weight excluding hydrogens is 256 g/mol. The number of rotatable bonds is 6. The number of aromatic nitrogens is 2. The Morgan fingerprint density at radius 2 is 1.95 bits per heavy atom. The number of nitrogens with two attached hydrogens (primary N) is 1. The van der Waals surface area contributed by atoms with Crippen molar-refractivity contribution in [3.8, 4) is 11.5 Å². The summed E-state index contributed by atoms with van der Waals surface area (Å²) < 4.78 is 10.5. The number of nitrogens with one attached hydrogen (secondary N) is 1. The minimum Gasteiger partial charge on any atom is -0.493 e. The van der Waals surface area contributed by atoms with Crippen LogP contribution in [0.4, 0.5) is 11.8 Å². The van der Waals surface area contributed by atoms with Crippen LogP contribution in [0, 0.1) is 0 Å². The number of methoxy groups -OCH3 is 2. The topological polar surface area (TPSA) is 82.3 Å². The zero-order chi connectivity index (χ0) is 14.4. The second-order valence-corrected chi connectivity index (χ2v) is 4.17. The van der Waals surface area contributed by atoms with Crippen LogP contribution in [-0.2, 0) is 6.42 Å². The Hall–Kier alpha value is -2.50. The maximum Gasteiger partial charge on any atom is 0.224 e. The van der Waals surface area contributed by atoms with Crippen LogP contribution in [0.1, 0.15) is 5.56 Å². The first-order valence-electron chi connectivity index (χ1n) is 6.26. The molecule has 106 valence electrons. The molecule has 0 aliphatic rings. The molecule has 0 aliphatic heterocycles. The van der Waals surface area contributed by atoms with Crippen molar-refractivity contribution in [3.05, 3.63) is 36.0 Å². The van der Waals surface area contributed by atoms with Gasteiger partial charge in [-0.2, -0.15) is 4.98 Å². The van der Waals surface area contributed by atoms with Crippen LogP contribution in [0.5, 0.6) is 11.5 Å². The van der Waals surface area contributed by atoms with E-state index < -0.39 is 0 Å². The molecule has 0 saturated heterocycles. The van der Waals surface area contributed by atoms with Gasteiger partial charge in [-0.25, -0.2) is 4.98 Å². The van der Waals surface area contributed by atoms with Gasteiger partial charge in [-0.1, -0.05) is 6.07 Å². The Labute approximate surface area is 118 Å². The van der Waals surface area contributed by atoms with Crippen LogP contribution in [0.2, 0.25) is 0 Å². The molecule has 0 atom stereocenters. The van der Waals surface area contributed by atoms with Gasteiger partial charge in [0.2, 0.25) is 5.95 Å². The third-order valence-corrected chi connectivity index (χ3v) is 2.82. The molecule has 6 nitrogen and oxygen atoms in total. The van der Waals surface area contributed by atoms with Gasteiger partial charge in [0.1, 0.15) is 5.82 Å². The van der Waals surface area contributed by atoms with Crippen molar-refractivity contribution >= 4 is 11.8 Å². The summed E-state index contributed by atoms with van der Waals surface area (Å²) in [5.74, 6) is 2.44. The van der Waals surface area contributed by atoms with Crippen LogP contribution in [0.3, 0.4) is 0 Å². The summed E-state index contributed by atoms with van der Waals surface area (Å²) in [6.07, 6.45) is 2.44. The average molecular weight is 274 g/mol. The van der Waals surface area contributed by atoms with Gasteiger partial charge in [-0.15, -0.1) is 0 Å². The summed E-state index contributed by atoms with van der Waals surface area (Å²) in [5, 5.41) is 3.13. The minimum atomic E-state index is 0.452. The number of nitrogens with zero attached hydrogens (tertiary/aromatic N) is 2. The molecule has 0 unspecified atom stereocenters. The van der Waals surface area contributed by atoms with Gasteiger partial charge < -0.3 is 20.5 Å². The van der Waals surface area contributed by atoms with Crippen molar-refractivity contribution in [2.24, 2.45) is 0 Å². The molecule has 6 heteroatoms. The molecular formula is C14H18N4O2. The fraction of sp³-hybridized carbons (Fsp3) is 0.286. The van der Waals surface area contributed by atoms with E-state index in [1.54, 1.807) is 26.5 Å². The smallest absolute Gasteiger partial charge is 0.224 e. The molecule has 0 bridgehead atoms. The Morgan fingerprint density at radius 3 is 2.65 bits per heavy atom. The number of hydrogen-bond donors (Lipinski definition) is 2. The molecule has 2 rings (SSSR count). The van der Waals surface area contributed by atoms with Gasteiger partial charge >= 0.3 is 0 Å². The van der Waals surface area contributed by atoms with E-state index in [0.29, 0.717) is 18.3 Å². The Balaban J connectivity index is 1.94. The molecule has 1 aromatic heterocycles. The molecule has 0 amide bonds. The normalized spacial score (nSPS) is 10.1. The lowest BCUT2D eigenvalue weighted by molar-refractivity contribution is 0.354. The highest BCUT2D eigenvalue weighted by atomic mass is 16.5. The first kappa shape index (κ1) is 13.9. The van der Waals surface area contributed by atoms with E-state index in [1.807, 2.05) is 18.2 Å². The maximum absolute atomic E-state index is 5.59. The van der Waals surface area contributed by atoms with Crippen LogP contribution in [-0.4, -0.2) is 30.7 Å². The van der Waals surface area contributed by atoms with E-state index in [1.165, 1.54) is 0 Å². The number of anilines is 2. The molecule has 0 spiro atoms. The van der Waals surface area contributed by atoms with Crippen molar-refractivity contribution in [1.82, 2.24) is 9.97 Å². The highest BCUT2D eigenvalue weighted by molar-refractivity contribution is 5.43. The lowest BCUT2D eigenvalue weighted by Gasteiger charge is -2.10. The molecule has 1 heterocycles. The molecule has 1 aromatic carbocycles. The summed E-state index contributed by atoms with van der Waals surface area (Å²) in [6.45, 7) is 0.707. The molecule has 20 heavy (non-hydrogen) atoms. The number of nitrogen functional groups attached to an aromatic ring is 1. The average Bonchev–Trinajstić information content (AvgIpc) is 2.47. The number of benzene rings is 1. The van der Waals surface area contributed by atoms with E-state index in [0.717, 1.165) is 23.5 Å². The van der Waals surface area contributed by atoms with Crippen molar-refractivity contribution in [3.63, 3.8) is 0 Å². The monoisotopic (exact) mass is 274 g/mol. The van der Waals surface area contributed by atoms with Crippen LogP contribution in [0.15, 0.2) is 30.5 Å². The summed E-state index contributed by atoms with van der Waals surface area (Å²) in [5.41, 5.74) is 6.73. The predicted molar refractivity (Wildman–Crippen MR) is 78.2 cm³/mol. The number of ether oxygens (including phenoxy) is 2. The third-order valence-electron chi connectivity index (χ3n) is 2.82. The largest absolute Gasteiger partial charge is 0.493 e. The SMILES string of the molecule is COc1ccc(CCNc2nccc(N)n2)cc1OC. The van der Waals surface area contributed by atoms with Gasteiger partial charge in [0.05, 0.1) is 14.2 Å². The molecule has 2 aromatic rings. The van der Waals surface area contributed by atoms with Crippen LogP contribution >= 0.6 is 0 Å². The second kappa shape index (κ2) is 6.60. The Morgan fingerprint density at radius 1 is 1.15 bits per heavy atom. The van der Waals surface area contributed by atoms with Crippen molar-refractivity contribution in [2.45, 2.75) is 6.42 Å². The summed E-state index contributed by atoms with van der Waals surface area (Å²) >= 11 is 0. The highest BCUT2D eigenvalue weighted by Crippen LogP contribution is 2.27. The molecule has 0 saturated carbocycles. The fourth-order valence-electron chi connectivity index (χ4n) is 1.81. The standard InChI is InChI=1S/C14H18N4O2/c1-19-11-4-3-10(9-12(11)20-2)5-7-16-14-17-8-6-13(15)18-14/h3-4,6,8-9H,5,7H2,1-2H3,(H3,15,16,17,18). The van der Waals surface area contributed by atoms with E-state index in [9.17, 15) is 0 Å². The number of hydrogen-bond acceptors (Lipinski definition) is 6.